The summed E-state index contributed by atoms with van der Waals surface area (Å²) >= 11 is 0. The Morgan fingerprint density at radius 2 is 2.22 bits per heavy atom. The number of carbonyl (C=O) groups is 1. The zero-order chi connectivity index (χ0) is 12.5. The Balaban J connectivity index is 2.01. The summed E-state index contributed by atoms with van der Waals surface area (Å²) in [5.74, 6) is -0.441. The van der Waals surface area contributed by atoms with E-state index in [0.29, 0.717) is 11.6 Å². The zero-order valence-corrected chi connectivity index (χ0v) is 10.0. The Bertz CT molecular complexity index is 585. The SMILES string of the molecule is NC(=O)c1cnc2c(ccn2C2CCOCC2)c1. The largest absolute Gasteiger partial charge is 0.381 e. The third-order valence-corrected chi connectivity index (χ3v) is 3.42. The first kappa shape index (κ1) is 11.2. The molecule has 0 unspecified atom stereocenters. The minimum Gasteiger partial charge on any atom is -0.381 e. The number of amides is 1. The van der Waals surface area contributed by atoms with Crippen molar-refractivity contribution in [2.24, 2.45) is 5.73 Å². The van der Waals surface area contributed by atoms with Gasteiger partial charge < -0.3 is 15.0 Å². The van der Waals surface area contributed by atoms with Gasteiger partial charge in [0.05, 0.1) is 5.56 Å². The maximum atomic E-state index is 11.1. The second-order valence-corrected chi connectivity index (χ2v) is 4.57. The molecule has 0 aromatic carbocycles. The second-order valence-electron chi connectivity index (χ2n) is 4.57. The third kappa shape index (κ3) is 1.86. The van der Waals surface area contributed by atoms with Gasteiger partial charge in [-0.05, 0) is 25.0 Å². The van der Waals surface area contributed by atoms with Gasteiger partial charge in [-0.3, -0.25) is 4.79 Å². The van der Waals surface area contributed by atoms with Crippen LogP contribution in [0, 0.1) is 0 Å². The minimum absolute atomic E-state index is 0.433. The topological polar surface area (TPSA) is 70.1 Å². The first-order chi connectivity index (χ1) is 8.75. The lowest BCUT2D eigenvalue weighted by Crippen LogP contribution is -2.19. The summed E-state index contributed by atoms with van der Waals surface area (Å²) in [7, 11) is 0. The van der Waals surface area contributed by atoms with Crippen LogP contribution in [-0.2, 0) is 4.74 Å². The van der Waals surface area contributed by atoms with Gasteiger partial charge in [0.25, 0.3) is 0 Å². The molecule has 2 aromatic rings. The van der Waals surface area contributed by atoms with E-state index in [1.54, 1.807) is 12.3 Å². The first-order valence-electron chi connectivity index (χ1n) is 6.10. The molecule has 3 rings (SSSR count). The first-order valence-corrected chi connectivity index (χ1v) is 6.10. The maximum absolute atomic E-state index is 11.1. The molecule has 0 radical (unpaired) electrons. The molecule has 94 valence electrons. The van der Waals surface area contributed by atoms with Gasteiger partial charge in [0, 0.05) is 37.0 Å². The van der Waals surface area contributed by atoms with Crippen LogP contribution >= 0.6 is 0 Å². The molecule has 1 aliphatic rings. The van der Waals surface area contributed by atoms with Crippen molar-refractivity contribution in [3.05, 3.63) is 30.1 Å². The van der Waals surface area contributed by atoms with Crippen molar-refractivity contribution in [2.45, 2.75) is 18.9 Å². The van der Waals surface area contributed by atoms with Crippen LogP contribution in [0.15, 0.2) is 24.5 Å². The van der Waals surface area contributed by atoms with E-state index in [2.05, 4.69) is 9.55 Å². The molecule has 1 saturated heterocycles. The Morgan fingerprint density at radius 3 is 2.94 bits per heavy atom. The van der Waals surface area contributed by atoms with Crippen LogP contribution in [0.1, 0.15) is 29.2 Å². The van der Waals surface area contributed by atoms with Crippen LogP contribution in [-0.4, -0.2) is 28.7 Å². The van der Waals surface area contributed by atoms with Crippen molar-refractivity contribution in [2.75, 3.05) is 13.2 Å². The summed E-state index contributed by atoms with van der Waals surface area (Å²) in [6, 6.07) is 4.20. The molecule has 18 heavy (non-hydrogen) atoms. The van der Waals surface area contributed by atoms with Crippen LogP contribution < -0.4 is 5.73 Å². The quantitative estimate of drug-likeness (QED) is 0.871. The van der Waals surface area contributed by atoms with E-state index in [0.717, 1.165) is 37.1 Å². The van der Waals surface area contributed by atoms with Gasteiger partial charge in [-0.2, -0.15) is 0 Å². The van der Waals surface area contributed by atoms with Crippen molar-refractivity contribution < 1.29 is 9.53 Å². The highest BCUT2D eigenvalue weighted by atomic mass is 16.5. The van der Waals surface area contributed by atoms with E-state index < -0.39 is 5.91 Å². The average Bonchev–Trinajstić information content (AvgIpc) is 2.82. The van der Waals surface area contributed by atoms with E-state index in [9.17, 15) is 4.79 Å². The number of carbonyl (C=O) groups excluding carboxylic acids is 1. The number of pyridine rings is 1. The van der Waals surface area contributed by atoms with Crippen molar-refractivity contribution in [1.29, 1.82) is 0 Å². The third-order valence-electron chi connectivity index (χ3n) is 3.42. The molecule has 5 nitrogen and oxygen atoms in total. The maximum Gasteiger partial charge on any atom is 0.250 e. The van der Waals surface area contributed by atoms with Crippen LogP contribution in [0.25, 0.3) is 11.0 Å². The molecule has 0 aliphatic carbocycles. The number of ether oxygens (including phenoxy) is 1. The number of primary amides is 1. The number of nitrogens with two attached hydrogens (primary N) is 1. The molecule has 2 aromatic heterocycles. The van der Waals surface area contributed by atoms with Gasteiger partial charge in [0.2, 0.25) is 5.91 Å². The van der Waals surface area contributed by atoms with Crippen molar-refractivity contribution in [3.63, 3.8) is 0 Å². The molecule has 1 aliphatic heterocycles. The summed E-state index contributed by atoms with van der Waals surface area (Å²) < 4.78 is 7.53. The molecule has 1 amide bonds. The fourth-order valence-corrected chi connectivity index (χ4v) is 2.44. The van der Waals surface area contributed by atoms with Gasteiger partial charge >= 0.3 is 0 Å². The number of rotatable bonds is 2. The van der Waals surface area contributed by atoms with Gasteiger partial charge in [0.15, 0.2) is 0 Å². The highest BCUT2D eigenvalue weighted by Crippen LogP contribution is 2.26. The van der Waals surface area contributed by atoms with Gasteiger partial charge in [-0.1, -0.05) is 0 Å². The average molecular weight is 245 g/mol. The summed E-state index contributed by atoms with van der Waals surface area (Å²) in [6.07, 6.45) is 5.57. The lowest BCUT2D eigenvalue weighted by Gasteiger charge is -2.24. The zero-order valence-electron chi connectivity index (χ0n) is 10.0. The van der Waals surface area contributed by atoms with Crippen molar-refractivity contribution in [3.8, 4) is 0 Å². The second kappa shape index (κ2) is 4.42. The Morgan fingerprint density at radius 1 is 1.44 bits per heavy atom. The molecule has 0 bridgehead atoms. The number of aromatic nitrogens is 2. The number of hydrogen-bond donors (Lipinski definition) is 1. The lowest BCUT2D eigenvalue weighted by molar-refractivity contribution is 0.0706. The van der Waals surface area contributed by atoms with Crippen LogP contribution in [0.5, 0.6) is 0 Å². The van der Waals surface area contributed by atoms with Gasteiger partial charge in [0.1, 0.15) is 5.65 Å². The van der Waals surface area contributed by atoms with Gasteiger partial charge in [-0.25, -0.2) is 4.98 Å². The summed E-state index contributed by atoms with van der Waals surface area (Å²) in [5, 5.41) is 0.956. The molecular weight excluding hydrogens is 230 g/mol. The van der Waals surface area contributed by atoms with E-state index in [1.807, 2.05) is 12.3 Å². The fourth-order valence-electron chi connectivity index (χ4n) is 2.44. The monoisotopic (exact) mass is 245 g/mol. The highest BCUT2D eigenvalue weighted by Gasteiger charge is 2.17. The van der Waals surface area contributed by atoms with Crippen molar-refractivity contribution >= 4 is 16.9 Å². The fraction of sp³-hybridized carbons (Fsp3) is 0.385. The Hall–Kier alpha value is -1.88. The summed E-state index contributed by atoms with van der Waals surface area (Å²) in [5.41, 5.74) is 6.61. The molecular formula is C13H15N3O2. The smallest absolute Gasteiger partial charge is 0.250 e. The van der Waals surface area contributed by atoms with E-state index in [4.69, 9.17) is 10.5 Å². The molecule has 2 N–H and O–H groups in total. The molecule has 0 saturated carbocycles. The van der Waals surface area contributed by atoms with Crippen LogP contribution in [0.2, 0.25) is 0 Å². The molecule has 0 spiro atoms. The molecule has 5 heteroatoms. The van der Waals surface area contributed by atoms with Crippen molar-refractivity contribution in [1.82, 2.24) is 9.55 Å². The summed E-state index contributed by atoms with van der Waals surface area (Å²) in [4.78, 5) is 15.5. The number of hydrogen-bond acceptors (Lipinski definition) is 3. The van der Waals surface area contributed by atoms with E-state index >= 15 is 0 Å². The number of nitrogens with zero attached hydrogens (tertiary/aromatic N) is 2. The Labute approximate surface area is 105 Å². The predicted molar refractivity (Wildman–Crippen MR) is 67.3 cm³/mol. The van der Waals surface area contributed by atoms with Crippen LogP contribution in [0.3, 0.4) is 0 Å². The Kier molecular flexibility index (Phi) is 2.76. The standard InChI is InChI=1S/C13H15N3O2/c14-12(17)10-7-9-1-4-16(13(9)15-8-10)11-2-5-18-6-3-11/h1,4,7-8,11H,2-3,5-6H2,(H2,14,17). The lowest BCUT2D eigenvalue weighted by atomic mass is 10.1. The summed E-state index contributed by atoms with van der Waals surface area (Å²) in [6.45, 7) is 1.59. The van der Waals surface area contributed by atoms with E-state index in [-0.39, 0.29) is 0 Å². The van der Waals surface area contributed by atoms with Crippen LogP contribution in [0.4, 0.5) is 0 Å². The van der Waals surface area contributed by atoms with E-state index in [1.165, 1.54) is 0 Å². The predicted octanol–water partition coefficient (Wildman–Crippen LogP) is 1.49. The van der Waals surface area contributed by atoms with Gasteiger partial charge in [-0.15, -0.1) is 0 Å². The molecule has 0 atom stereocenters. The number of fused-ring (bicyclic) bond motifs is 1. The highest BCUT2D eigenvalue weighted by molar-refractivity contribution is 5.95. The normalized spacial score (nSPS) is 17.1. The molecule has 1 fully saturated rings. The minimum atomic E-state index is -0.441. The molecule has 3 heterocycles.